The smallest absolute Gasteiger partial charge is 0.306 e. The van der Waals surface area contributed by atoms with Crippen molar-refractivity contribution >= 4 is 5.97 Å². The predicted molar refractivity (Wildman–Crippen MR) is 74.4 cm³/mol. The highest BCUT2D eigenvalue weighted by atomic mass is 16.5. The lowest BCUT2D eigenvalue weighted by Gasteiger charge is -2.32. The van der Waals surface area contributed by atoms with Gasteiger partial charge in [0.1, 0.15) is 0 Å². The summed E-state index contributed by atoms with van der Waals surface area (Å²) in [6.45, 7) is 3.48. The lowest BCUT2D eigenvalue weighted by molar-refractivity contribution is -0.142. The molecule has 0 aromatic heterocycles. The molecule has 0 spiro atoms. The number of hydrogen-bond donors (Lipinski definition) is 1. The van der Waals surface area contributed by atoms with Crippen molar-refractivity contribution in [3.8, 4) is 0 Å². The Kier molecular flexibility index (Phi) is 5.52. The van der Waals surface area contributed by atoms with Crippen molar-refractivity contribution in [2.24, 2.45) is 0 Å². The molecule has 1 aliphatic rings. The summed E-state index contributed by atoms with van der Waals surface area (Å²) in [7, 11) is 1.69. The summed E-state index contributed by atoms with van der Waals surface area (Å²) in [5.41, 5.74) is 2.40. The number of carbonyl (C=O) groups is 1. The van der Waals surface area contributed by atoms with Crippen LogP contribution >= 0.6 is 0 Å². The van der Waals surface area contributed by atoms with Gasteiger partial charge in [-0.3, -0.25) is 9.69 Å². The zero-order valence-corrected chi connectivity index (χ0v) is 11.7. The second kappa shape index (κ2) is 7.38. The van der Waals surface area contributed by atoms with Crippen LogP contribution in [0.2, 0.25) is 0 Å². The van der Waals surface area contributed by atoms with Crippen LogP contribution < -0.4 is 0 Å². The van der Waals surface area contributed by atoms with Crippen molar-refractivity contribution < 1.29 is 19.4 Å². The summed E-state index contributed by atoms with van der Waals surface area (Å²) in [6, 6.07) is 8.18. The van der Waals surface area contributed by atoms with Gasteiger partial charge in [-0.1, -0.05) is 24.3 Å². The Morgan fingerprint density at radius 2 is 2.20 bits per heavy atom. The highest BCUT2D eigenvalue weighted by Gasteiger charge is 2.23. The van der Waals surface area contributed by atoms with Gasteiger partial charge in [0.2, 0.25) is 0 Å². The van der Waals surface area contributed by atoms with Crippen LogP contribution in [-0.2, 0) is 27.4 Å². The van der Waals surface area contributed by atoms with Crippen molar-refractivity contribution in [2.45, 2.75) is 25.7 Å². The first-order valence-corrected chi connectivity index (χ1v) is 6.80. The third-order valence-corrected chi connectivity index (χ3v) is 3.44. The van der Waals surface area contributed by atoms with Crippen molar-refractivity contribution in [1.82, 2.24) is 4.90 Å². The fourth-order valence-corrected chi connectivity index (χ4v) is 2.49. The van der Waals surface area contributed by atoms with E-state index >= 15 is 0 Å². The van der Waals surface area contributed by atoms with Crippen LogP contribution in [-0.4, -0.2) is 48.9 Å². The number of carboxylic acids is 1. The lowest BCUT2D eigenvalue weighted by atomic mass is 10.1. The molecule has 20 heavy (non-hydrogen) atoms. The molecule has 1 saturated heterocycles. The number of ether oxygens (including phenoxy) is 2. The van der Waals surface area contributed by atoms with Crippen molar-refractivity contribution in [1.29, 1.82) is 0 Å². The van der Waals surface area contributed by atoms with E-state index in [1.54, 1.807) is 7.11 Å². The summed E-state index contributed by atoms with van der Waals surface area (Å²) in [4.78, 5) is 13.0. The van der Waals surface area contributed by atoms with Crippen LogP contribution in [0.5, 0.6) is 0 Å². The first kappa shape index (κ1) is 15.0. The maximum atomic E-state index is 10.8. The van der Waals surface area contributed by atoms with Crippen LogP contribution in [0.3, 0.4) is 0 Å². The summed E-state index contributed by atoms with van der Waals surface area (Å²) >= 11 is 0. The fourth-order valence-electron chi connectivity index (χ4n) is 2.49. The summed E-state index contributed by atoms with van der Waals surface area (Å²) < 4.78 is 10.7. The van der Waals surface area contributed by atoms with Crippen LogP contribution in [0.1, 0.15) is 17.5 Å². The first-order chi connectivity index (χ1) is 9.69. The molecule has 1 heterocycles. The molecule has 110 valence electrons. The molecule has 1 aromatic carbocycles. The molecular weight excluding hydrogens is 258 g/mol. The molecule has 0 bridgehead atoms. The Labute approximate surface area is 119 Å². The molecule has 0 amide bonds. The minimum Gasteiger partial charge on any atom is -0.481 e. The standard InChI is InChI=1S/C15H21NO4/c1-19-11-13-5-3-2-4-12(13)9-16-6-7-20-14(10-16)8-15(17)18/h2-5,14H,6-11H2,1H3,(H,17,18). The minimum atomic E-state index is -0.809. The monoisotopic (exact) mass is 279 g/mol. The number of morpholine rings is 1. The number of benzene rings is 1. The highest BCUT2D eigenvalue weighted by molar-refractivity contribution is 5.67. The third-order valence-electron chi connectivity index (χ3n) is 3.44. The highest BCUT2D eigenvalue weighted by Crippen LogP contribution is 2.16. The maximum Gasteiger partial charge on any atom is 0.306 e. The summed E-state index contributed by atoms with van der Waals surface area (Å²) in [5, 5.41) is 8.84. The van der Waals surface area contributed by atoms with Crippen LogP contribution in [0.4, 0.5) is 0 Å². The number of nitrogens with zero attached hydrogens (tertiary/aromatic N) is 1. The molecule has 1 fully saturated rings. The normalized spacial score (nSPS) is 19.9. The largest absolute Gasteiger partial charge is 0.481 e. The van der Waals surface area contributed by atoms with Gasteiger partial charge in [0, 0.05) is 26.7 Å². The van der Waals surface area contributed by atoms with Gasteiger partial charge in [-0.15, -0.1) is 0 Å². The summed E-state index contributed by atoms with van der Waals surface area (Å²) in [5.74, 6) is -0.809. The molecule has 1 unspecified atom stereocenters. The van der Waals surface area contributed by atoms with Crippen molar-refractivity contribution in [3.05, 3.63) is 35.4 Å². The molecular formula is C15H21NO4. The van der Waals surface area contributed by atoms with Gasteiger partial charge in [0.05, 0.1) is 25.7 Å². The predicted octanol–water partition coefficient (Wildman–Crippen LogP) is 1.51. The molecule has 1 atom stereocenters. The molecule has 5 heteroatoms. The van der Waals surface area contributed by atoms with Gasteiger partial charge < -0.3 is 14.6 Å². The number of hydrogen-bond acceptors (Lipinski definition) is 4. The van der Waals surface area contributed by atoms with Gasteiger partial charge in [-0.2, -0.15) is 0 Å². The third kappa shape index (κ3) is 4.30. The Morgan fingerprint density at radius 1 is 1.45 bits per heavy atom. The molecule has 0 saturated carbocycles. The second-order valence-electron chi connectivity index (χ2n) is 5.03. The SMILES string of the molecule is COCc1ccccc1CN1CCOC(CC(=O)O)C1. The van der Waals surface area contributed by atoms with Crippen LogP contribution in [0.15, 0.2) is 24.3 Å². The quantitative estimate of drug-likeness (QED) is 0.855. The van der Waals surface area contributed by atoms with Gasteiger partial charge in [-0.25, -0.2) is 0 Å². The van der Waals surface area contributed by atoms with Gasteiger partial charge >= 0.3 is 5.97 Å². The van der Waals surface area contributed by atoms with Gasteiger partial charge in [0.25, 0.3) is 0 Å². The number of methoxy groups -OCH3 is 1. The summed E-state index contributed by atoms with van der Waals surface area (Å²) in [6.07, 6.45) is -0.146. The molecule has 0 aliphatic carbocycles. The maximum absolute atomic E-state index is 10.8. The van der Waals surface area contributed by atoms with E-state index in [1.165, 1.54) is 11.1 Å². The first-order valence-electron chi connectivity index (χ1n) is 6.80. The van der Waals surface area contributed by atoms with E-state index in [-0.39, 0.29) is 12.5 Å². The Bertz CT molecular complexity index is 449. The topological polar surface area (TPSA) is 59.0 Å². The Balaban J connectivity index is 1.97. The Hall–Kier alpha value is -1.43. The van der Waals surface area contributed by atoms with E-state index < -0.39 is 5.97 Å². The number of aliphatic carboxylic acids is 1. The number of rotatable bonds is 6. The van der Waals surface area contributed by atoms with Crippen LogP contribution in [0, 0.1) is 0 Å². The zero-order valence-electron chi connectivity index (χ0n) is 11.7. The molecule has 5 nitrogen and oxygen atoms in total. The van der Waals surface area contributed by atoms with E-state index in [0.29, 0.717) is 19.8 Å². The zero-order chi connectivity index (χ0) is 14.4. The minimum absolute atomic E-state index is 0.0657. The Morgan fingerprint density at radius 3 is 2.90 bits per heavy atom. The second-order valence-corrected chi connectivity index (χ2v) is 5.03. The molecule has 0 radical (unpaired) electrons. The van der Waals surface area contributed by atoms with Crippen molar-refractivity contribution in [3.63, 3.8) is 0 Å². The molecule has 1 aliphatic heterocycles. The van der Waals surface area contributed by atoms with Gasteiger partial charge in [-0.05, 0) is 11.1 Å². The van der Waals surface area contributed by atoms with E-state index in [9.17, 15) is 4.79 Å². The van der Waals surface area contributed by atoms with Crippen molar-refractivity contribution in [2.75, 3.05) is 26.8 Å². The fraction of sp³-hybridized carbons (Fsp3) is 0.533. The lowest BCUT2D eigenvalue weighted by Crippen LogP contribution is -2.42. The van der Waals surface area contributed by atoms with E-state index in [0.717, 1.165) is 13.1 Å². The average Bonchev–Trinajstić information content (AvgIpc) is 2.41. The molecule has 1 aromatic rings. The average molecular weight is 279 g/mol. The molecule has 1 N–H and O–H groups in total. The van der Waals surface area contributed by atoms with Gasteiger partial charge in [0.15, 0.2) is 0 Å². The van der Waals surface area contributed by atoms with Crippen LogP contribution in [0.25, 0.3) is 0 Å². The van der Waals surface area contributed by atoms with E-state index in [4.69, 9.17) is 14.6 Å². The van der Waals surface area contributed by atoms with E-state index in [2.05, 4.69) is 17.0 Å². The molecule has 2 rings (SSSR count). The number of carboxylic acid groups (broad SMARTS) is 1. The van der Waals surface area contributed by atoms with E-state index in [1.807, 2.05) is 12.1 Å².